The molecule has 16 nitrogen and oxygen atoms in total. The van der Waals surface area contributed by atoms with E-state index in [0.29, 0.717) is 65.8 Å². The van der Waals surface area contributed by atoms with Gasteiger partial charge >= 0.3 is 0 Å². The van der Waals surface area contributed by atoms with Crippen molar-refractivity contribution in [3.8, 4) is 5.82 Å². The van der Waals surface area contributed by atoms with Gasteiger partial charge in [-0.3, -0.25) is 29.4 Å². The van der Waals surface area contributed by atoms with E-state index in [4.69, 9.17) is 9.97 Å². The topological polar surface area (TPSA) is 174 Å². The lowest BCUT2D eigenvalue weighted by Crippen LogP contribution is -2.55. The molecule has 314 valence electrons. The predicted molar refractivity (Wildman–Crippen MR) is 230 cm³/mol. The first-order valence-electron chi connectivity index (χ1n) is 21.3. The van der Waals surface area contributed by atoms with Gasteiger partial charge in [-0.25, -0.2) is 19.3 Å². The van der Waals surface area contributed by atoms with E-state index >= 15 is 0 Å². The fraction of sp³-hybridized carbons (Fsp3) is 0.400. The van der Waals surface area contributed by atoms with Crippen LogP contribution in [0.1, 0.15) is 59.8 Å². The Morgan fingerprint density at radius 1 is 0.967 bits per heavy atom. The SMILES string of the molecule is C=CCn1c(=O)c2cnc(Nc3ccc(N4CCN(CC5CN(c6cccc7c6CN(C6CCC(=O)NC6=O)C7=O)C5)CC4)cc3)nc2n1-c1ccc2c(n1)[C@@](O)(CC)CC2. The minimum absolute atomic E-state index is 0.140. The number of piperidine rings is 1. The summed E-state index contributed by atoms with van der Waals surface area (Å²) in [4.78, 5) is 74.2. The third-order valence-electron chi connectivity index (χ3n) is 13.2. The van der Waals surface area contributed by atoms with Crippen LogP contribution in [-0.4, -0.2) is 109 Å². The molecule has 1 unspecified atom stereocenters. The molecular formula is C45H49N11O5. The minimum atomic E-state index is -0.998. The Kier molecular flexibility index (Phi) is 9.70. The molecule has 2 aromatic carbocycles. The molecule has 0 bridgehead atoms. The smallest absolute Gasteiger partial charge is 0.278 e. The van der Waals surface area contributed by atoms with Crippen LogP contribution in [0.5, 0.6) is 0 Å². The van der Waals surface area contributed by atoms with Crippen LogP contribution >= 0.6 is 0 Å². The Hall–Kier alpha value is -6.39. The van der Waals surface area contributed by atoms with Crippen molar-refractivity contribution in [1.82, 2.24) is 39.4 Å². The van der Waals surface area contributed by atoms with Crippen LogP contribution < -0.4 is 26.0 Å². The van der Waals surface area contributed by atoms with Gasteiger partial charge in [-0.15, -0.1) is 6.58 Å². The van der Waals surface area contributed by atoms with Gasteiger partial charge in [0, 0.05) is 99.1 Å². The third kappa shape index (κ3) is 6.83. The van der Waals surface area contributed by atoms with E-state index in [1.807, 2.05) is 43.3 Å². The standard InChI is InChI=1S/C45H49N11O5/c1-3-18-55-43(60)33-23-46-44(50-40(33)56(55)37-14-8-29-16-17-45(61,4-2)39(29)48-37)47-30-9-11-31(12-10-30)52-21-19-51(20-22-52)24-28-25-53(26-28)35-7-5-6-32-34(35)27-54(42(32)59)36-13-15-38(57)49-41(36)58/h3,5-12,14,23,28,36,61H,1,4,13,15-22,24-27H2,2H3,(H,46,47,50)(H,49,57,58)/t36?,45-/m1/s1. The molecule has 3 fully saturated rings. The van der Waals surface area contributed by atoms with Crippen LogP contribution in [0.3, 0.4) is 0 Å². The number of carbonyl (C=O) groups is 3. The first kappa shape index (κ1) is 38.8. The highest BCUT2D eigenvalue weighted by molar-refractivity contribution is 6.06. The molecule has 5 aromatic rings. The normalized spacial score (nSPS) is 21.8. The second-order valence-electron chi connectivity index (χ2n) is 16.9. The van der Waals surface area contributed by atoms with Gasteiger partial charge in [0.05, 0.1) is 12.2 Å². The first-order valence-corrected chi connectivity index (χ1v) is 21.3. The highest BCUT2D eigenvalue weighted by atomic mass is 16.3. The van der Waals surface area contributed by atoms with Gasteiger partial charge in [0.15, 0.2) is 11.5 Å². The van der Waals surface area contributed by atoms with E-state index in [1.165, 1.54) is 0 Å². The molecule has 16 heteroatoms. The molecule has 10 rings (SSSR count). The monoisotopic (exact) mass is 823 g/mol. The molecule has 3 saturated heterocycles. The second-order valence-corrected chi connectivity index (χ2v) is 16.9. The number of aliphatic hydroxyl groups is 1. The van der Waals surface area contributed by atoms with Gasteiger partial charge in [0.1, 0.15) is 17.0 Å². The van der Waals surface area contributed by atoms with Gasteiger partial charge in [-0.05, 0) is 73.7 Å². The number of hydrogen-bond donors (Lipinski definition) is 3. The van der Waals surface area contributed by atoms with E-state index in [-0.39, 0.29) is 36.2 Å². The Morgan fingerprint density at radius 3 is 2.52 bits per heavy atom. The second kappa shape index (κ2) is 15.3. The molecule has 0 radical (unpaired) electrons. The molecule has 1 aliphatic carbocycles. The summed E-state index contributed by atoms with van der Waals surface area (Å²) in [5.41, 5.74) is 5.48. The Bertz CT molecular complexity index is 2640. The lowest BCUT2D eigenvalue weighted by Gasteiger charge is -2.45. The average molecular weight is 824 g/mol. The summed E-state index contributed by atoms with van der Waals surface area (Å²) >= 11 is 0. The van der Waals surface area contributed by atoms with Gasteiger partial charge < -0.3 is 25.1 Å². The van der Waals surface area contributed by atoms with Crippen LogP contribution in [0, 0.1) is 5.92 Å². The maximum Gasteiger partial charge on any atom is 0.278 e. The number of aromatic nitrogens is 5. The highest BCUT2D eigenvalue weighted by Gasteiger charge is 2.42. The summed E-state index contributed by atoms with van der Waals surface area (Å²) in [6.45, 7) is 13.1. The van der Waals surface area contributed by atoms with Crippen molar-refractivity contribution in [1.29, 1.82) is 0 Å². The Balaban J connectivity index is 0.755. The summed E-state index contributed by atoms with van der Waals surface area (Å²) in [5, 5.41) is 17.3. The molecule has 3 N–H and O–H groups in total. The van der Waals surface area contributed by atoms with Crippen LogP contribution in [0.2, 0.25) is 0 Å². The molecule has 0 saturated carbocycles. The summed E-state index contributed by atoms with van der Waals surface area (Å²) in [7, 11) is 0. The number of imide groups is 1. The number of amides is 3. The van der Waals surface area contributed by atoms with Crippen molar-refractivity contribution < 1.29 is 19.5 Å². The number of nitrogens with one attached hydrogen (secondary N) is 2. The summed E-state index contributed by atoms with van der Waals surface area (Å²) in [5.74, 6) is 0.561. The number of aryl methyl sites for hydroxylation is 1. The number of pyridine rings is 1. The molecule has 61 heavy (non-hydrogen) atoms. The summed E-state index contributed by atoms with van der Waals surface area (Å²) in [6.07, 6.45) is 5.73. The number of piperazine rings is 1. The van der Waals surface area contributed by atoms with Gasteiger partial charge in [0.2, 0.25) is 17.8 Å². The lowest BCUT2D eigenvalue weighted by atomic mass is 9.96. The lowest BCUT2D eigenvalue weighted by molar-refractivity contribution is -0.136. The zero-order valence-electron chi connectivity index (χ0n) is 34.2. The van der Waals surface area contributed by atoms with Crippen LogP contribution in [0.4, 0.5) is 23.0 Å². The zero-order valence-corrected chi connectivity index (χ0v) is 34.2. The number of carbonyl (C=O) groups excluding carboxylic acids is 3. The minimum Gasteiger partial charge on any atom is -0.384 e. The van der Waals surface area contributed by atoms with E-state index < -0.39 is 11.6 Å². The fourth-order valence-electron chi connectivity index (χ4n) is 9.80. The largest absolute Gasteiger partial charge is 0.384 e. The molecule has 3 aromatic heterocycles. The number of fused-ring (bicyclic) bond motifs is 3. The number of benzene rings is 2. The van der Waals surface area contributed by atoms with Crippen molar-refractivity contribution in [2.75, 3.05) is 60.9 Å². The third-order valence-corrected chi connectivity index (χ3v) is 13.2. The van der Waals surface area contributed by atoms with Crippen molar-refractivity contribution in [2.45, 2.75) is 63.8 Å². The molecule has 4 aliphatic heterocycles. The molecule has 5 aliphatic rings. The maximum absolute atomic E-state index is 13.5. The molecule has 0 spiro atoms. The summed E-state index contributed by atoms with van der Waals surface area (Å²) < 4.78 is 3.24. The molecular weight excluding hydrogens is 775 g/mol. The van der Waals surface area contributed by atoms with Crippen LogP contribution in [-0.2, 0) is 34.7 Å². The van der Waals surface area contributed by atoms with Crippen LogP contribution in [0.15, 0.2) is 78.2 Å². The van der Waals surface area contributed by atoms with Gasteiger partial charge in [-0.1, -0.05) is 25.1 Å². The zero-order chi connectivity index (χ0) is 42.0. The molecule has 7 heterocycles. The number of nitrogens with zero attached hydrogens (tertiary/aromatic N) is 9. The summed E-state index contributed by atoms with van der Waals surface area (Å²) in [6, 6.07) is 17.3. The Morgan fingerprint density at radius 2 is 1.77 bits per heavy atom. The van der Waals surface area contributed by atoms with E-state index in [2.05, 4.69) is 55.1 Å². The fourth-order valence-corrected chi connectivity index (χ4v) is 9.80. The van der Waals surface area contributed by atoms with Gasteiger partial charge in [0.25, 0.3) is 11.5 Å². The van der Waals surface area contributed by atoms with Crippen LogP contribution in [0.25, 0.3) is 16.9 Å². The van der Waals surface area contributed by atoms with E-state index in [9.17, 15) is 24.3 Å². The number of allylic oxidation sites excluding steroid dienone is 1. The quantitative estimate of drug-likeness (QED) is 0.131. The highest BCUT2D eigenvalue weighted by Crippen LogP contribution is 2.39. The first-order chi connectivity index (χ1) is 29.6. The van der Waals surface area contributed by atoms with Crippen molar-refractivity contribution >= 4 is 51.8 Å². The average Bonchev–Trinajstić information content (AvgIpc) is 3.87. The van der Waals surface area contributed by atoms with Crippen molar-refractivity contribution in [3.05, 3.63) is 106 Å². The molecule has 3 amide bonds. The van der Waals surface area contributed by atoms with Gasteiger partial charge in [-0.2, -0.15) is 4.98 Å². The Labute approximate surface area is 352 Å². The number of hydrogen-bond acceptors (Lipinski definition) is 12. The van der Waals surface area contributed by atoms with E-state index in [1.54, 1.807) is 26.5 Å². The number of anilines is 4. The van der Waals surface area contributed by atoms with Crippen molar-refractivity contribution in [3.63, 3.8) is 0 Å². The maximum atomic E-state index is 13.5. The predicted octanol–water partition coefficient (Wildman–Crippen LogP) is 3.47. The van der Waals surface area contributed by atoms with E-state index in [0.717, 1.165) is 80.4 Å². The van der Waals surface area contributed by atoms with Crippen molar-refractivity contribution in [2.24, 2.45) is 5.92 Å². The number of rotatable bonds is 11. The molecule has 2 atom stereocenters.